The first-order valence-corrected chi connectivity index (χ1v) is 10.9. The highest BCUT2D eigenvalue weighted by molar-refractivity contribution is 5.94. The van der Waals surface area contributed by atoms with Gasteiger partial charge in [0.05, 0.1) is 11.5 Å². The third-order valence-electron chi connectivity index (χ3n) is 7.89. The van der Waals surface area contributed by atoms with Gasteiger partial charge in [-0.05, 0) is 43.4 Å². The van der Waals surface area contributed by atoms with Crippen LogP contribution in [0.25, 0.3) is 0 Å². The standard InChI is InChI=1S/C21H26F3N5O4/c1-9(26-18(33)21(22,23)24)16(31)29-8-12-13(19(12,2)3)14(29)15(30)27-11(7-25)6-20-4-10(5-20)28-17(20)32/h9-14H,4-6,8H2,1-3H3,(H,26,33)(H,27,30)(H,28,32)/t9-,10?,11?,12-,13-,14-,20?/m0/s1. The number of rotatable bonds is 6. The van der Waals surface area contributed by atoms with E-state index in [1.807, 2.05) is 19.9 Å². The predicted octanol–water partition coefficient (Wildman–Crippen LogP) is 0.213. The van der Waals surface area contributed by atoms with Crippen molar-refractivity contribution in [3.05, 3.63) is 0 Å². The minimum Gasteiger partial charge on any atom is -0.353 e. The van der Waals surface area contributed by atoms with Crippen molar-refractivity contribution < 1.29 is 32.3 Å². The summed E-state index contributed by atoms with van der Waals surface area (Å²) in [5.41, 5.74) is -0.911. The molecule has 3 saturated heterocycles. The molecule has 2 saturated carbocycles. The van der Waals surface area contributed by atoms with E-state index in [1.54, 1.807) is 5.32 Å². The second kappa shape index (κ2) is 7.33. The molecule has 0 aromatic carbocycles. The van der Waals surface area contributed by atoms with Gasteiger partial charge in [-0.1, -0.05) is 13.8 Å². The number of carbonyl (C=O) groups excluding carboxylic acids is 4. The van der Waals surface area contributed by atoms with E-state index >= 15 is 0 Å². The minimum absolute atomic E-state index is 0.0187. The molecule has 9 nitrogen and oxygen atoms in total. The van der Waals surface area contributed by atoms with Gasteiger partial charge in [0, 0.05) is 12.6 Å². The van der Waals surface area contributed by atoms with Crippen LogP contribution in [0.1, 0.15) is 40.0 Å². The zero-order chi connectivity index (χ0) is 24.5. The molecule has 5 aliphatic rings. The SMILES string of the molecule is C[C@H](NC(=O)C(F)(F)F)C(=O)N1C[C@H]2[C@@H]([C@H]1C(=O)NC(C#N)CC13CC(C1)NC3=O)C2(C)C. The number of fused-ring (bicyclic) bond motifs is 2. The third kappa shape index (κ3) is 3.71. The van der Waals surface area contributed by atoms with Gasteiger partial charge in [-0.2, -0.15) is 18.4 Å². The molecule has 3 aliphatic heterocycles. The van der Waals surface area contributed by atoms with Crippen LogP contribution in [0.5, 0.6) is 0 Å². The molecule has 0 spiro atoms. The molecule has 180 valence electrons. The number of amides is 4. The molecule has 5 atom stereocenters. The number of nitrogens with one attached hydrogen (secondary N) is 3. The summed E-state index contributed by atoms with van der Waals surface area (Å²) in [4.78, 5) is 50.7. The number of hydrogen-bond acceptors (Lipinski definition) is 5. The average Bonchev–Trinajstić information content (AvgIpc) is 3.08. The lowest BCUT2D eigenvalue weighted by Gasteiger charge is -2.36. The quantitative estimate of drug-likeness (QED) is 0.512. The summed E-state index contributed by atoms with van der Waals surface area (Å²) in [7, 11) is 0. The van der Waals surface area contributed by atoms with Crippen molar-refractivity contribution in [1.29, 1.82) is 5.26 Å². The van der Waals surface area contributed by atoms with Crippen LogP contribution in [0, 0.1) is 34.0 Å². The van der Waals surface area contributed by atoms with Crippen LogP contribution < -0.4 is 16.0 Å². The Morgan fingerprint density at radius 1 is 1.27 bits per heavy atom. The Balaban J connectivity index is 1.45. The maximum absolute atomic E-state index is 13.2. The molecule has 2 bridgehead atoms. The number of carbonyl (C=O) groups is 4. The van der Waals surface area contributed by atoms with E-state index in [2.05, 4.69) is 10.6 Å². The van der Waals surface area contributed by atoms with Gasteiger partial charge in [-0.25, -0.2) is 0 Å². The van der Waals surface area contributed by atoms with Gasteiger partial charge < -0.3 is 20.9 Å². The normalized spacial score (nSPS) is 34.8. The highest BCUT2D eigenvalue weighted by atomic mass is 19.4. The van der Waals surface area contributed by atoms with Crippen LogP contribution in [-0.2, 0) is 19.2 Å². The van der Waals surface area contributed by atoms with Crippen molar-refractivity contribution in [2.45, 2.75) is 70.4 Å². The average molecular weight is 469 g/mol. The van der Waals surface area contributed by atoms with Crippen LogP contribution in [0.2, 0.25) is 0 Å². The van der Waals surface area contributed by atoms with Gasteiger partial charge in [0.15, 0.2) is 0 Å². The van der Waals surface area contributed by atoms with Crippen LogP contribution in [0.3, 0.4) is 0 Å². The van der Waals surface area contributed by atoms with E-state index in [1.165, 1.54) is 4.90 Å². The Morgan fingerprint density at radius 3 is 2.42 bits per heavy atom. The molecule has 2 aliphatic carbocycles. The van der Waals surface area contributed by atoms with Gasteiger partial charge in [0.2, 0.25) is 17.7 Å². The number of halogens is 3. The molecule has 3 N–H and O–H groups in total. The maximum Gasteiger partial charge on any atom is 0.471 e. The number of alkyl halides is 3. The fourth-order valence-electron chi connectivity index (χ4n) is 5.95. The van der Waals surface area contributed by atoms with E-state index < -0.39 is 47.4 Å². The van der Waals surface area contributed by atoms with Crippen molar-refractivity contribution in [3.8, 4) is 6.07 Å². The van der Waals surface area contributed by atoms with Crippen molar-refractivity contribution in [3.63, 3.8) is 0 Å². The first-order chi connectivity index (χ1) is 15.2. The fraction of sp³-hybridized carbons (Fsp3) is 0.762. The molecular weight excluding hydrogens is 443 g/mol. The topological polar surface area (TPSA) is 131 Å². The highest BCUT2D eigenvalue weighted by Gasteiger charge is 2.69. The lowest BCUT2D eigenvalue weighted by Crippen LogP contribution is -2.57. The van der Waals surface area contributed by atoms with Gasteiger partial charge in [-0.3, -0.25) is 19.2 Å². The summed E-state index contributed by atoms with van der Waals surface area (Å²) in [6.07, 6.45) is -3.75. The summed E-state index contributed by atoms with van der Waals surface area (Å²) in [6, 6.07) is -1.27. The molecule has 0 aromatic rings. The van der Waals surface area contributed by atoms with Crippen LogP contribution >= 0.6 is 0 Å². The Kier molecular flexibility index (Phi) is 5.18. The highest BCUT2D eigenvalue weighted by Crippen LogP contribution is 2.65. The van der Waals surface area contributed by atoms with Gasteiger partial charge in [0.1, 0.15) is 18.1 Å². The summed E-state index contributed by atoms with van der Waals surface area (Å²) >= 11 is 0. The Labute approximate surface area is 188 Å². The third-order valence-corrected chi connectivity index (χ3v) is 7.89. The molecule has 33 heavy (non-hydrogen) atoms. The number of piperidine rings is 1. The molecule has 5 rings (SSSR count). The van der Waals surface area contributed by atoms with Gasteiger partial charge in [0.25, 0.3) is 0 Å². The second-order valence-electron chi connectivity index (χ2n) is 10.3. The molecule has 5 fully saturated rings. The Morgan fingerprint density at radius 2 is 1.91 bits per heavy atom. The number of hydrogen-bond donors (Lipinski definition) is 3. The Bertz CT molecular complexity index is 953. The van der Waals surface area contributed by atoms with Crippen molar-refractivity contribution in [2.75, 3.05) is 6.54 Å². The van der Waals surface area contributed by atoms with E-state index in [0.717, 1.165) is 6.92 Å². The predicted molar refractivity (Wildman–Crippen MR) is 106 cm³/mol. The lowest BCUT2D eigenvalue weighted by molar-refractivity contribution is -0.175. The molecule has 1 unspecified atom stereocenters. The molecular formula is C21H26F3N5O4. The molecule has 0 aromatic heterocycles. The molecule has 0 radical (unpaired) electrons. The van der Waals surface area contributed by atoms with E-state index in [-0.39, 0.29) is 42.2 Å². The van der Waals surface area contributed by atoms with Gasteiger partial charge >= 0.3 is 12.1 Å². The largest absolute Gasteiger partial charge is 0.471 e. The molecule has 4 amide bonds. The van der Waals surface area contributed by atoms with Crippen LogP contribution in [0.15, 0.2) is 0 Å². The fourth-order valence-corrected chi connectivity index (χ4v) is 5.95. The maximum atomic E-state index is 13.2. The van der Waals surface area contributed by atoms with E-state index in [4.69, 9.17) is 0 Å². The second-order valence-corrected chi connectivity index (χ2v) is 10.3. The van der Waals surface area contributed by atoms with E-state index in [9.17, 15) is 37.6 Å². The van der Waals surface area contributed by atoms with Gasteiger partial charge in [-0.15, -0.1) is 0 Å². The van der Waals surface area contributed by atoms with Crippen LogP contribution in [-0.4, -0.2) is 65.4 Å². The van der Waals surface area contributed by atoms with Crippen molar-refractivity contribution in [2.24, 2.45) is 22.7 Å². The summed E-state index contributed by atoms with van der Waals surface area (Å²) in [5.74, 6) is -3.96. The molecule has 3 heterocycles. The summed E-state index contributed by atoms with van der Waals surface area (Å²) in [6.45, 7) is 5.19. The Hall–Kier alpha value is -2.84. The number of nitriles is 1. The number of nitrogens with zero attached hydrogens (tertiary/aromatic N) is 2. The number of likely N-dealkylation sites (tertiary alicyclic amines) is 1. The zero-order valence-corrected chi connectivity index (χ0v) is 18.5. The summed E-state index contributed by atoms with van der Waals surface area (Å²) in [5, 5.41) is 16.7. The summed E-state index contributed by atoms with van der Waals surface area (Å²) < 4.78 is 37.7. The van der Waals surface area contributed by atoms with Crippen LogP contribution in [0.4, 0.5) is 13.2 Å². The molecule has 12 heteroatoms. The van der Waals surface area contributed by atoms with Crippen molar-refractivity contribution in [1.82, 2.24) is 20.9 Å². The monoisotopic (exact) mass is 469 g/mol. The first-order valence-electron chi connectivity index (χ1n) is 10.9. The first kappa shape index (κ1) is 23.3. The smallest absolute Gasteiger partial charge is 0.353 e. The van der Waals surface area contributed by atoms with Crippen molar-refractivity contribution >= 4 is 23.6 Å². The lowest BCUT2D eigenvalue weighted by atomic mass is 9.66. The minimum atomic E-state index is -5.13. The zero-order valence-electron chi connectivity index (χ0n) is 18.5. The van der Waals surface area contributed by atoms with E-state index in [0.29, 0.717) is 12.8 Å².